The number of nitrogens with zero attached hydrogens (tertiary/aromatic N) is 2. The zero-order chi connectivity index (χ0) is 14.7. The van der Waals surface area contributed by atoms with E-state index in [4.69, 9.17) is 0 Å². The van der Waals surface area contributed by atoms with E-state index in [0.29, 0.717) is 5.56 Å². The lowest BCUT2D eigenvalue weighted by atomic mass is 10.1. The minimum Gasteiger partial charge on any atom is -0.366 e. The number of nitrogens with one attached hydrogen (secondary N) is 1. The number of benzene rings is 1. The summed E-state index contributed by atoms with van der Waals surface area (Å²) >= 11 is 0. The molecule has 3 rings (SSSR count). The Balaban J connectivity index is 1.79. The minimum absolute atomic E-state index is 0.287. The summed E-state index contributed by atoms with van der Waals surface area (Å²) in [4.78, 5) is 8.63. The highest BCUT2D eigenvalue weighted by Crippen LogP contribution is 2.24. The second kappa shape index (κ2) is 6.16. The van der Waals surface area contributed by atoms with Gasteiger partial charge in [-0.2, -0.15) is 0 Å². The Bertz CT molecular complexity index is 643. The van der Waals surface area contributed by atoms with Crippen molar-refractivity contribution < 1.29 is 8.78 Å². The van der Waals surface area contributed by atoms with Crippen LogP contribution < -0.4 is 5.32 Å². The van der Waals surface area contributed by atoms with Crippen molar-refractivity contribution in [3.05, 3.63) is 53.0 Å². The van der Waals surface area contributed by atoms with Gasteiger partial charge in [-0.15, -0.1) is 0 Å². The van der Waals surface area contributed by atoms with Crippen molar-refractivity contribution in [2.24, 2.45) is 0 Å². The van der Waals surface area contributed by atoms with E-state index >= 15 is 0 Å². The number of aromatic nitrogens is 2. The van der Waals surface area contributed by atoms with Crippen molar-refractivity contribution in [2.45, 2.75) is 38.6 Å². The second-order valence-electron chi connectivity index (χ2n) is 5.30. The van der Waals surface area contributed by atoms with Crippen LogP contribution in [0.1, 0.15) is 36.1 Å². The molecule has 1 aromatic carbocycles. The van der Waals surface area contributed by atoms with E-state index in [9.17, 15) is 8.78 Å². The van der Waals surface area contributed by atoms with Gasteiger partial charge in [-0.1, -0.05) is 12.5 Å². The molecular weight excluding hydrogens is 272 g/mol. The van der Waals surface area contributed by atoms with Gasteiger partial charge in [0.15, 0.2) is 0 Å². The van der Waals surface area contributed by atoms with E-state index in [2.05, 4.69) is 15.3 Å². The van der Waals surface area contributed by atoms with Crippen LogP contribution in [0.3, 0.4) is 0 Å². The summed E-state index contributed by atoms with van der Waals surface area (Å²) in [5, 5.41) is 3.16. The van der Waals surface area contributed by atoms with Gasteiger partial charge < -0.3 is 5.32 Å². The first-order valence-corrected chi connectivity index (χ1v) is 7.24. The van der Waals surface area contributed by atoms with E-state index in [1.807, 2.05) is 0 Å². The lowest BCUT2D eigenvalue weighted by Crippen LogP contribution is -2.09. The molecule has 110 valence electrons. The first-order chi connectivity index (χ1) is 10.2. The number of aryl methyl sites for hydroxylation is 1. The Morgan fingerprint density at radius 3 is 2.76 bits per heavy atom. The SMILES string of the molecule is Fc1ccc(CNc2ncnc3c2CCCCC3)c(F)c1. The molecule has 3 nitrogen and oxygen atoms in total. The molecule has 0 unspecified atom stereocenters. The van der Waals surface area contributed by atoms with Crippen LogP contribution in [-0.4, -0.2) is 9.97 Å². The van der Waals surface area contributed by atoms with Crippen LogP contribution in [-0.2, 0) is 19.4 Å². The maximum absolute atomic E-state index is 13.6. The number of halogens is 2. The quantitative estimate of drug-likeness (QED) is 0.877. The molecule has 1 aliphatic rings. The number of rotatable bonds is 3. The summed E-state index contributed by atoms with van der Waals surface area (Å²) in [5.74, 6) is -0.333. The fourth-order valence-electron chi connectivity index (χ4n) is 2.69. The highest BCUT2D eigenvalue weighted by molar-refractivity contribution is 5.47. The van der Waals surface area contributed by atoms with Gasteiger partial charge >= 0.3 is 0 Å². The Morgan fingerprint density at radius 1 is 1.05 bits per heavy atom. The van der Waals surface area contributed by atoms with E-state index in [0.717, 1.165) is 48.8 Å². The third-order valence-electron chi connectivity index (χ3n) is 3.84. The Kier molecular flexibility index (Phi) is 4.08. The van der Waals surface area contributed by atoms with Crippen molar-refractivity contribution in [1.29, 1.82) is 0 Å². The fraction of sp³-hybridized carbons (Fsp3) is 0.375. The first kappa shape index (κ1) is 13.9. The largest absolute Gasteiger partial charge is 0.366 e. The third kappa shape index (κ3) is 3.17. The van der Waals surface area contributed by atoms with Gasteiger partial charge in [0.2, 0.25) is 0 Å². The zero-order valence-electron chi connectivity index (χ0n) is 11.7. The average Bonchev–Trinajstić information content (AvgIpc) is 2.72. The molecule has 0 bridgehead atoms. The Labute approximate surface area is 122 Å². The van der Waals surface area contributed by atoms with Gasteiger partial charge in [0.25, 0.3) is 0 Å². The van der Waals surface area contributed by atoms with E-state index in [1.165, 1.54) is 18.6 Å². The van der Waals surface area contributed by atoms with Crippen LogP contribution in [0.25, 0.3) is 0 Å². The summed E-state index contributed by atoms with van der Waals surface area (Å²) in [7, 11) is 0. The second-order valence-corrected chi connectivity index (χ2v) is 5.30. The molecule has 5 heteroatoms. The van der Waals surface area contributed by atoms with Gasteiger partial charge in [0, 0.05) is 29.4 Å². The van der Waals surface area contributed by atoms with Gasteiger partial charge in [-0.25, -0.2) is 18.7 Å². The van der Waals surface area contributed by atoms with Gasteiger partial charge in [0.1, 0.15) is 23.8 Å². The normalized spacial score (nSPS) is 14.4. The molecule has 0 atom stereocenters. The first-order valence-electron chi connectivity index (χ1n) is 7.24. The number of hydrogen-bond acceptors (Lipinski definition) is 3. The third-order valence-corrected chi connectivity index (χ3v) is 3.84. The molecule has 0 amide bonds. The molecule has 0 fully saturated rings. The van der Waals surface area contributed by atoms with Crippen LogP contribution in [0.4, 0.5) is 14.6 Å². The molecular formula is C16H17F2N3. The van der Waals surface area contributed by atoms with Crippen LogP contribution in [0.5, 0.6) is 0 Å². The summed E-state index contributed by atoms with van der Waals surface area (Å²) in [6.45, 7) is 0.287. The van der Waals surface area contributed by atoms with Crippen molar-refractivity contribution in [2.75, 3.05) is 5.32 Å². The van der Waals surface area contributed by atoms with Crippen LogP contribution in [0, 0.1) is 11.6 Å². The van der Waals surface area contributed by atoms with Crippen molar-refractivity contribution in [3.8, 4) is 0 Å². The van der Waals surface area contributed by atoms with Crippen molar-refractivity contribution in [1.82, 2.24) is 9.97 Å². The van der Waals surface area contributed by atoms with E-state index < -0.39 is 11.6 Å². The topological polar surface area (TPSA) is 37.8 Å². The lowest BCUT2D eigenvalue weighted by molar-refractivity contribution is 0.574. The summed E-state index contributed by atoms with van der Waals surface area (Å²) < 4.78 is 26.5. The monoisotopic (exact) mass is 289 g/mol. The molecule has 0 radical (unpaired) electrons. The maximum Gasteiger partial charge on any atom is 0.133 e. The number of fused-ring (bicyclic) bond motifs is 1. The van der Waals surface area contributed by atoms with Crippen LogP contribution in [0.2, 0.25) is 0 Å². The summed E-state index contributed by atoms with van der Waals surface area (Å²) in [6.07, 6.45) is 6.94. The van der Waals surface area contributed by atoms with E-state index in [-0.39, 0.29) is 6.54 Å². The Hall–Kier alpha value is -2.04. The minimum atomic E-state index is -0.563. The van der Waals surface area contributed by atoms with Crippen LogP contribution >= 0.6 is 0 Å². The molecule has 1 N–H and O–H groups in total. The smallest absolute Gasteiger partial charge is 0.133 e. The molecule has 0 saturated carbocycles. The lowest BCUT2D eigenvalue weighted by Gasteiger charge is -2.12. The molecule has 2 aromatic rings. The van der Waals surface area contributed by atoms with Crippen molar-refractivity contribution in [3.63, 3.8) is 0 Å². The number of hydrogen-bond donors (Lipinski definition) is 1. The summed E-state index contributed by atoms with van der Waals surface area (Å²) in [5.41, 5.74) is 2.65. The van der Waals surface area contributed by atoms with Gasteiger partial charge in [0.05, 0.1) is 0 Å². The molecule has 0 saturated heterocycles. The maximum atomic E-state index is 13.6. The molecule has 21 heavy (non-hydrogen) atoms. The highest BCUT2D eigenvalue weighted by atomic mass is 19.1. The predicted octanol–water partition coefficient (Wildman–Crippen LogP) is 3.64. The van der Waals surface area contributed by atoms with E-state index in [1.54, 1.807) is 6.33 Å². The van der Waals surface area contributed by atoms with Crippen molar-refractivity contribution >= 4 is 5.82 Å². The molecule has 0 spiro atoms. The van der Waals surface area contributed by atoms with Crippen LogP contribution in [0.15, 0.2) is 24.5 Å². The number of anilines is 1. The molecule has 0 aliphatic heterocycles. The standard InChI is InChI=1S/C16H17F2N3/c17-12-7-6-11(14(18)8-12)9-19-16-13-4-2-1-3-5-15(13)20-10-21-16/h6-8,10H,1-5,9H2,(H,19,20,21). The van der Waals surface area contributed by atoms with Gasteiger partial charge in [-0.05, 0) is 31.7 Å². The average molecular weight is 289 g/mol. The predicted molar refractivity (Wildman–Crippen MR) is 77.0 cm³/mol. The fourth-order valence-corrected chi connectivity index (χ4v) is 2.69. The molecule has 1 heterocycles. The Morgan fingerprint density at radius 2 is 1.90 bits per heavy atom. The summed E-state index contributed by atoms with van der Waals surface area (Å²) in [6, 6.07) is 3.62. The zero-order valence-corrected chi connectivity index (χ0v) is 11.7. The molecule has 1 aromatic heterocycles. The molecule has 1 aliphatic carbocycles. The van der Waals surface area contributed by atoms with Gasteiger partial charge in [-0.3, -0.25) is 0 Å². The highest BCUT2D eigenvalue weighted by Gasteiger charge is 2.14.